The van der Waals surface area contributed by atoms with Crippen molar-refractivity contribution in [2.45, 2.75) is 17.4 Å². The van der Waals surface area contributed by atoms with E-state index >= 15 is 0 Å². The summed E-state index contributed by atoms with van der Waals surface area (Å²) in [6, 6.07) is 5.93. The van der Waals surface area contributed by atoms with Crippen molar-refractivity contribution in [2.24, 2.45) is 0 Å². The van der Waals surface area contributed by atoms with Crippen LogP contribution >= 0.6 is 23.4 Å². The normalized spacial score (nSPS) is 17.6. The van der Waals surface area contributed by atoms with Crippen LogP contribution in [-0.4, -0.2) is 24.7 Å². The third kappa shape index (κ3) is 4.00. The number of carbonyl (C=O) groups excluding carboxylic acids is 1. The molecular weight excluding hydrogens is 280 g/mol. The first-order valence-electron chi connectivity index (χ1n) is 6.24. The Hall–Kier alpha value is -0.970. The summed E-state index contributed by atoms with van der Waals surface area (Å²) in [5, 5.41) is 6.77. The predicted octanol–water partition coefficient (Wildman–Crippen LogP) is 2.77. The van der Waals surface area contributed by atoms with Crippen molar-refractivity contribution in [3.8, 4) is 0 Å². The second kappa shape index (κ2) is 6.98. The van der Waals surface area contributed by atoms with Crippen molar-refractivity contribution in [1.82, 2.24) is 10.6 Å². The quantitative estimate of drug-likeness (QED) is 0.648. The Kier molecular flexibility index (Phi) is 5.31. The van der Waals surface area contributed by atoms with Gasteiger partial charge in [-0.3, -0.25) is 4.79 Å². The molecule has 0 saturated heterocycles. The summed E-state index contributed by atoms with van der Waals surface area (Å²) in [6.45, 7) is 4.55. The summed E-state index contributed by atoms with van der Waals surface area (Å²) < 4.78 is 0. The molecule has 0 fully saturated rings. The van der Waals surface area contributed by atoms with Crippen LogP contribution in [0.25, 0.3) is 0 Å². The molecule has 0 aromatic heterocycles. The van der Waals surface area contributed by atoms with Crippen LogP contribution < -0.4 is 10.6 Å². The molecule has 5 heteroatoms. The smallest absolute Gasteiger partial charge is 0.234 e. The van der Waals surface area contributed by atoms with Crippen LogP contribution in [-0.2, 0) is 4.79 Å². The molecule has 19 heavy (non-hydrogen) atoms. The van der Waals surface area contributed by atoms with Crippen molar-refractivity contribution >= 4 is 29.3 Å². The molecule has 2 rings (SSSR count). The van der Waals surface area contributed by atoms with Gasteiger partial charge in [0, 0.05) is 22.2 Å². The fraction of sp³-hybridized carbons (Fsp3) is 0.357. The Morgan fingerprint density at radius 1 is 1.58 bits per heavy atom. The minimum Gasteiger partial charge on any atom is -0.348 e. The van der Waals surface area contributed by atoms with E-state index in [2.05, 4.69) is 17.2 Å². The first-order valence-corrected chi connectivity index (χ1v) is 7.60. The van der Waals surface area contributed by atoms with Gasteiger partial charge in [0.25, 0.3) is 0 Å². The Morgan fingerprint density at radius 3 is 3.21 bits per heavy atom. The third-order valence-corrected chi connectivity index (χ3v) is 4.28. The first kappa shape index (κ1) is 14.4. The fourth-order valence-electron chi connectivity index (χ4n) is 2.05. The summed E-state index contributed by atoms with van der Waals surface area (Å²) in [5.74, 6) is 1.02. The molecule has 1 heterocycles. The highest BCUT2D eigenvalue weighted by molar-refractivity contribution is 7.99. The van der Waals surface area contributed by atoms with Gasteiger partial charge >= 0.3 is 0 Å². The molecule has 0 aliphatic carbocycles. The van der Waals surface area contributed by atoms with Gasteiger partial charge in [-0.15, -0.1) is 18.3 Å². The van der Waals surface area contributed by atoms with Crippen LogP contribution in [0.3, 0.4) is 0 Å². The molecule has 102 valence electrons. The maximum Gasteiger partial charge on any atom is 0.234 e. The van der Waals surface area contributed by atoms with Crippen LogP contribution in [0.4, 0.5) is 0 Å². The lowest BCUT2D eigenvalue weighted by Gasteiger charge is -2.26. The van der Waals surface area contributed by atoms with Gasteiger partial charge in [-0.2, -0.15) is 0 Å². The highest BCUT2D eigenvalue weighted by atomic mass is 35.5. The van der Waals surface area contributed by atoms with Crippen LogP contribution in [0.2, 0.25) is 5.02 Å². The number of thioether (sulfide) groups is 1. The van der Waals surface area contributed by atoms with E-state index in [1.807, 2.05) is 30.0 Å². The highest BCUT2D eigenvalue weighted by Gasteiger charge is 2.22. The molecule has 2 N–H and O–H groups in total. The fourth-order valence-corrected chi connectivity index (χ4v) is 3.33. The number of benzene rings is 1. The standard InChI is InChI=1S/C14H17ClN2OS/c1-2-6-16-9-14(18)17-12-5-7-19-13-4-3-10(15)8-11(12)13/h2-4,8,12,16H,1,5-7,9H2,(H,17,18). The molecule has 1 unspecified atom stereocenters. The van der Waals surface area contributed by atoms with E-state index in [0.29, 0.717) is 18.1 Å². The predicted molar refractivity (Wildman–Crippen MR) is 80.7 cm³/mol. The number of nitrogens with one attached hydrogen (secondary N) is 2. The summed E-state index contributed by atoms with van der Waals surface area (Å²) in [5.41, 5.74) is 1.13. The minimum atomic E-state index is 0.00433. The van der Waals surface area contributed by atoms with E-state index in [9.17, 15) is 4.79 Å². The molecule has 0 bridgehead atoms. The lowest BCUT2D eigenvalue weighted by Crippen LogP contribution is -2.37. The maximum absolute atomic E-state index is 11.8. The zero-order chi connectivity index (χ0) is 13.7. The summed E-state index contributed by atoms with van der Waals surface area (Å²) >= 11 is 7.85. The van der Waals surface area contributed by atoms with Gasteiger partial charge in [0.1, 0.15) is 0 Å². The largest absolute Gasteiger partial charge is 0.348 e. The van der Waals surface area contributed by atoms with Gasteiger partial charge in [-0.1, -0.05) is 17.7 Å². The average molecular weight is 297 g/mol. The second-order valence-electron chi connectivity index (χ2n) is 4.36. The molecule has 3 nitrogen and oxygen atoms in total. The van der Waals surface area contributed by atoms with Crippen LogP contribution in [0.15, 0.2) is 35.7 Å². The molecule has 0 radical (unpaired) electrons. The number of rotatable bonds is 5. The first-order chi connectivity index (χ1) is 9.20. The molecular formula is C14H17ClN2OS. The molecule has 1 amide bonds. The maximum atomic E-state index is 11.8. The van der Waals surface area contributed by atoms with Crippen LogP contribution in [0.1, 0.15) is 18.0 Å². The van der Waals surface area contributed by atoms with Crippen molar-refractivity contribution in [3.63, 3.8) is 0 Å². The zero-order valence-electron chi connectivity index (χ0n) is 10.6. The van der Waals surface area contributed by atoms with Crippen molar-refractivity contribution in [1.29, 1.82) is 0 Å². The lowest BCUT2D eigenvalue weighted by molar-refractivity contribution is -0.121. The number of hydrogen-bond acceptors (Lipinski definition) is 3. The van der Waals surface area contributed by atoms with E-state index < -0.39 is 0 Å². The number of carbonyl (C=O) groups is 1. The van der Waals surface area contributed by atoms with E-state index in [-0.39, 0.29) is 11.9 Å². The third-order valence-electron chi connectivity index (χ3n) is 2.92. The number of halogens is 1. The van der Waals surface area contributed by atoms with Gasteiger partial charge < -0.3 is 10.6 Å². The number of hydrogen-bond donors (Lipinski definition) is 2. The van der Waals surface area contributed by atoms with E-state index in [1.165, 1.54) is 4.90 Å². The lowest BCUT2D eigenvalue weighted by atomic mass is 10.0. The topological polar surface area (TPSA) is 41.1 Å². The van der Waals surface area contributed by atoms with Gasteiger partial charge in [0.15, 0.2) is 0 Å². The van der Waals surface area contributed by atoms with E-state index in [0.717, 1.165) is 17.7 Å². The molecule has 1 aromatic rings. The molecule has 1 atom stereocenters. The van der Waals surface area contributed by atoms with Crippen molar-refractivity contribution in [2.75, 3.05) is 18.8 Å². The van der Waals surface area contributed by atoms with Crippen LogP contribution in [0.5, 0.6) is 0 Å². The Balaban J connectivity index is 2.00. The molecule has 1 aromatic carbocycles. The van der Waals surface area contributed by atoms with Gasteiger partial charge in [0.05, 0.1) is 12.6 Å². The number of amides is 1. The van der Waals surface area contributed by atoms with Crippen molar-refractivity contribution in [3.05, 3.63) is 41.4 Å². The van der Waals surface area contributed by atoms with E-state index in [4.69, 9.17) is 11.6 Å². The van der Waals surface area contributed by atoms with Gasteiger partial charge in [-0.05, 0) is 30.2 Å². The Morgan fingerprint density at radius 2 is 2.42 bits per heavy atom. The summed E-state index contributed by atoms with van der Waals surface area (Å²) in [6.07, 6.45) is 2.67. The van der Waals surface area contributed by atoms with Gasteiger partial charge in [0.2, 0.25) is 5.91 Å². The zero-order valence-corrected chi connectivity index (χ0v) is 12.2. The monoisotopic (exact) mass is 296 g/mol. The molecule has 0 spiro atoms. The highest BCUT2D eigenvalue weighted by Crippen LogP contribution is 2.37. The van der Waals surface area contributed by atoms with E-state index in [1.54, 1.807) is 6.08 Å². The number of fused-ring (bicyclic) bond motifs is 1. The Bertz CT molecular complexity index is 479. The average Bonchev–Trinajstić information content (AvgIpc) is 2.40. The SMILES string of the molecule is C=CCNCC(=O)NC1CCSc2ccc(Cl)cc21. The molecule has 0 saturated carbocycles. The summed E-state index contributed by atoms with van der Waals surface area (Å²) in [4.78, 5) is 13.0. The van der Waals surface area contributed by atoms with Gasteiger partial charge in [-0.25, -0.2) is 0 Å². The summed E-state index contributed by atoms with van der Waals surface area (Å²) in [7, 11) is 0. The van der Waals surface area contributed by atoms with Crippen molar-refractivity contribution < 1.29 is 4.79 Å². The minimum absolute atomic E-state index is 0.00433. The molecule has 1 aliphatic heterocycles. The molecule has 1 aliphatic rings. The van der Waals surface area contributed by atoms with Crippen LogP contribution in [0, 0.1) is 0 Å². The second-order valence-corrected chi connectivity index (χ2v) is 5.93. The Labute approximate surface area is 122 Å².